The first-order chi connectivity index (χ1) is 6.58. The molecule has 0 amide bonds. The molecule has 0 spiro atoms. The van der Waals surface area contributed by atoms with Crippen molar-refractivity contribution in [3.8, 4) is 0 Å². The van der Waals surface area contributed by atoms with Gasteiger partial charge in [0.2, 0.25) is 5.43 Å². The molecular weight excluding hydrogens is 178 g/mol. The van der Waals surface area contributed by atoms with Gasteiger partial charge in [-0.3, -0.25) is 4.79 Å². The number of fused-ring (bicyclic) bond motifs is 1. The molecule has 4 heteroatoms. The number of aromatic nitrogens is 3. The Morgan fingerprint density at radius 2 is 2.21 bits per heavy atom. The summed E-state index contributed by atoms with van der Waals surface area (Å²) >= 11 is 0. The van der Waals surface area contributed by atoms with E-state index >= 15 is 0 Å². The van der Waals surface area contributed by atoms with Gasteiger partial charge in [-0.15, -0.1) is 0 Å². The van der Waals surface area contributed by atoms with Crippen LogP contribution in [0, 0.1) is 6.92 Å². The van der Waals surface area contributed by atoms with Gasteiger partial charge in [0.15, 0.2) is 0 Å². The fraction of sp³-hybridized carbons (Fsp3) is 0.400. The number of rotatable bonds is 1. The molecule has 0 atom stereocenters. The van der Waals surface area contributed by atoms with Crippen LogP contribution in [0.5, 0.6) is 0 Å². The smallest absolute Gasteiger partial charge is 0.205 e. The quantitative estimate of drug-likeness (QED) is 0.741. The largest absolute Gasteiger partial charge is 0.342 e. The van der Waals surface area contributed by atoms with Crippen LogP contribution < -0.4 is 5.43 Å². The van der Waals surface area contributed by atoms with E-state index in [-0.39, 0.29) is 11.3 Å². The molecule has 0 aliphatic carbocycles. The SMILES string of the molecule is Cc1cn2nc(C(C)C)c(=O)cc2[nH]1. The Morgan fingerprint density at radius 1 is 1.50 bits per heavy atom. The fourth-order valence-electron chi connectivity index (χ4n) is 1.49. The highest BCUT2D eigenvalue weighted by atomic mass is 16.1. The second-order valence-electron chi connectivity index (χ2n) is 3.82. The molecule has 14 heavy (non-hydrogen) atoms. The summed E-state index contributed by atoms with van der Waals surface area (Å²) in [4.78, 5) is 14.7. The summed E-state index contributed by atoms with van der Waals surface area (Å²) in [5, 5.41) is 4.27. The highest BCUT2D eigenvalue weighted by Crippen LogP contribution is 2.07. The molecule has 0 saturated heterocycles. The number of hydrogen-bond acceptors (Lipinski definition) is 2. The number of nitrogens with one attached hydrogen (secondary N) is 1. The van der Waals surface area contributed by atoms with Crippen LogP contribution >= 0.6 is 0 Å². The van der Waals surface area contributed by atoms with E-state index in [0.717, 1.165) is 11.3 Å². The second-order valence-corrected chi connectivity index (χ2v) is 3.82. The van der Waals surface area contributed by atoms with Gasteiger partial charge in [0.25, 0.3) is 0 Å². The summed E-state index contributed by atoms with van der Waals surface area (Å²) in [5.74, 6) is 0.162. The zero-order chi connectivity index (χ0) is 10.3. The van der Waals surface area contributed by atoms with E-state index in [1.165, 1.54) is 0 Å². The van der Waals surface area contributed by atoms with E-state index < -0.39 is 0 Å². The Hall–Kier alpha value is -1.58. The number of H-pyrrole nitrogens is 1. The Labute approximate surface area is 81.6 Å². The van der Waals surface area contributed by atoms with Crippen LogP contribution in [0.4, 0.5) is 0 Å². The van der Waals surface area contributed by atoms with E-state index in [1.807, 2.05) is 27.0 Å². The van der Waals surface area contributed by atoms with Crippen LogP contribution in [0.15, 0.2) is 17.1 Å². The van der Waals surface area contributed by atoms with Crippen LogP contribution in [-0.4, -0.2) is 14.6 Å². The average Bonchev–Trinajstić information content (AvgIpc) is 2.42. The van der Waals surface area contributed by atoms with Crippen molar-refractivity contribution in [3.63, 3.8) is 0 Å². The third-order valence-corrected chi connectivity index (χ3v) is 2.17. The third kappa shape index (κ3) is 1.32. The highest BCUT2D eigenvalue weighted by molar-refractivity contribution is 5.38. The van der Waals surface area contributed by atoms with Crippen molar-refractivity contribution in [2.75, 3.05) is 0 Å². The Balaban J connectivity index is 2.76. The minimum Gasteiger partial charge on any atom is -0.342 e. The maximum absolute atomic E-state index is 11.6. The molecular formula is C10H13N3O. The normalized spacial score (nSPS) is 11.4. The van der Waals surface area contributed by atoms with Crippen molar-refractivity contribution in [3.05, 3.63) is 33.9 Å². The predicted molar refractivity (Wildman–Crippen MR) is 54.6 cm³/mol. The third-order valence-electron chi connectivity index (χ3n) is 2.17. The number of imidazole rings is 1. The molecule has 4 nitrogen and oxygen atoms in total. The molecule has 0 unspecified atom stereocenters. The van der Waals surface area contributed by atoms with Gasteiger partial charge >= 0.3 is 0 Å². The van der Waals surface area contributed by atoms with Crippen molar-refractivity contribution in [2.24, 2.45) is 0 Å². The van der Waals surface area contributed by atoms with Crippen molar-refractivity contribution in [2.45, 2.75) is 26.7 Å². The molecule has 2 aromatic heterocycles. The first-order valence-electron chi connectivity index (χ1n) is 4.67. The fourth-order valence-corrected chi connectivity index (χ4v) is 1.49. The monoisotopic (exact) mass is 191 g/mol. The molecule has 2 heterocycles. The Bertz CT molecular complexity index is 522. The lowest BCUT2D eigenvalue weighted by Gasteiger charge is -2.02. The maximum Gasteiger partial charge on any atom is 0.205 e. The van der Waals surface area contributed by atoms with Crippen LogP contribution in [-0.2, 0) is 0 Å². The summed E-state index contributed by atoms with van der Waals surface area (Å²) in [5.41, 5.74) is 2.36. The first kappa shape index (κ1) is 8.99. The Morgan fingerprint density at radius 3 is 2.86 bits per heavy atom. The molecule has 0 aliphatic rings. The molecule has 0 radical (unpaired) electrons. The molecule has 0 saturated carbocycles. The lowest BCUT2D eigenvalue weighted by molar-refractivity contribution is 0.753. The van der Waals surface area contributed by atoms with Gasteiger partial charge in [-0.1, -0.05) is 13.8 Å². The van der Waals surface area contributed by atoms with Crippen LogP contribution in [0.1, 0.15) is 31.2 Å². The topological polar surface area (TPSA) is 50.2 Å². The van der Waals surface area contributed by atoms with Gasteiger partial charge in [-0.2, -0.15) is 5.10 Å². The number of aromatic amines is 1. The predicted octanol–water partition coefficient (Wildman–Crippen LogP) is 1.45. The lowest BCUT2D eigenvalue weighted by Crippen LogP contribution is -2.14. The maximum atomic E-state index is 11.6. The zero-order valence-corrected chi connectivity index (χ0v) is 8.53. The summed E-state index contributed by atoms with van der Waals surface area (Å²) in [6.07, 6.45) is 1.88. The van der Waals surface area contributed by atoms with Crippen molar-refractivity contribution in [1.82, 2.24) is 14.6 Å². The van der Waals surface area contributed by atoms with Crippen molar-refractivity contribution < 1.29 is 0 Å². The van der Waals surface area contributed by atoms with E-state index in [2.05, 4.69) is 10.1 Å². The van der Waals surface area contributed by atoms with E-state index in [9.17, 15) is 4.79 Å². The van der Waals surface area contributed by atoms with E-state index in [4.69, 9.17) is 0 Å². The molecule has 74 valence electrons. The minimum atomic E-state index is 0.00171. The van der Waals surface area contributed by atoms with Crippen LogP contribution in [0.3, 0.4) is 0 Å². The van der Waals surface area contributed by atoms with Gasteiger partial charge in [-0.05, 0) is 6.92 Å². The molecule has 0 aliphatic heterocycles. The molecule has 0 aromatic carbocycles. The first-order valence-corrected chi connectivity index (χ1v) is 4.67. The zero-order valence-electron chi connectivity index (χ0n) is 8.53. The molecule has 2 aromatic rings. The van der Waals surface area contributed by atoms with Crippen molar-refractivity contribution >= 4 is 5.65 Å². The Kier molecular flexibility index (Phi) is 1.91. The highest BCUT2D eigenvalue weighted by Gasteiger charge is 2.08. The van der Waals surface area contributed by atoms with Crippen LogP contribution in [0.25, 0.3) is 5.65 Å². The molecule has 0 bridgehead atoms. The second kappa shape index (κ2) is 2.97. The lowest BCUT2D eigenvalue weighted by atomic mass is 10.1. The van der Waals surface area contributed by atoms with E-state index in [1.54, 1.807) is 10.6 Å². The minimum absolute atomic E-state index is 0.00171. The van der Waals surface area contributed by atoms with E-state index in [0.29, 0.717) is 5.69 Å². The summed E-state index contributed by atoms with van der Waals surface area (Å²) < 4.78 is 1.71. The van der Waals surface area contributed by atoms with Crippen LogP contribution in [0.2, 0.25) is 0 Å². The van der Waals surface area contributed by atoms with Gasteiger partial charge in [0.05, 0.1) is 0 Å². The van der Waals surface area contributed by atoms with Gasteiger partial charge in [0, 0.05) is 23.9 Å². The summed E-state index contributed by atoms with van der Waals surface area (Å²) in [6.45, 7) is 5.87. The van der Waals surface area contributed by atoms with Gasteiger partial charge < -0.3 is 4.98 Å². The van der Waals surface area contributed by atoms with Gasteiger partial charge in [-0.25, -0.2) is 4.52 Å². The molecule has 1 N–H and O–H groups in total. The number of nitrogens with zero attached hydrogens (tertiary/aromatic N) is 2. The number of aryl methyl sites for hydroxylation is 1. The molecule has 0 fully saturated rings. The molecule has 2 rings (SSSR count). The van der Waals surface area contributed by atoms with Gasteiger partial charge in [0.1, 0.15) is 11.3 Å². The number of hydrogen-bond donors (Lipinski definition) is 1. The average molecular weight is 191 g/mol. The van der Waals surface area contributed by atoms with Crippen molar-refractivity contribution in [1.29, 1.82) is 0 Å². The summed E-state index contributed by atoms with van der Waals surface area (Å²) in [6, 6.07) is 1.59. The standard InChI is InChI=1S/C10H13N3O/c1-6(2)10-8(14)4-9-11-7(3)5-13(9)12-10/h4-6,11H,1-3H3. The summed E-state index contributed by atoms with van der Waals surface area (Å²) in [7, 11) is 0.